The van der Waals surface area contributed by atoms with Gasteiger partial charge in [0.25, 0.3) is 5.91 Å². The van der Waals surface area contributed by atoms with Crippen LogP contribution in [-0.4, -0.2) is 25.4 Å². The van der Waals surface area contributed by atoms with Crippen LogP contribution in [0.25, 0.3) is 0 Å². The number of hydrogen-bond donors (Lipinski definition) is 1. The number of ketones is 1. The lowest BCUT2D eigenvalue weighted by Gasteiger charge is -2.11. The van der Waals surface area contributed by atoms with Crippen molar-refractivity contribution in [2.24, 2.45) is 0 Å². The SMILES string of the molecule is COc1ccc(C(=O)COc2ccccc2C(=O)Nc2ccccc2)cc1F. The predicted octanol–water partition coefficient (Wildman–Crippen LogP) is 4.35. The Morgan fingerprint density at radius 1 is 0.929 bits per heavy atom. The number of amides is 1. The van der Waals surface area contributed by atoms with E-state index in [9.17, 15) is 14.0 Å². The van der Waals surface area contributed by atoms with Crippen LogP contribution >= 0.6 is 0 Å². The summed E-state index contributed by atoms with van der Waals surface area (Å²) < 4.78 is 24.2. The van der Waals surface area contributed by atoms with E-state index < -0.39 is 11.6 Å². The molecule has 0 unspecified atom stereocenters. The average molecular weight is 379 g/mol. The number of Topliss-reactive ketones (excluding diaryl/α,β-unsaturated/α-hetero) is 1. The Morgan fingerprint density at radius 3 is 2.36 bits per heavy atom. The van der Waals surface area contributed by atoms with Crippen molar-refractivity contribution in [3.63, 3.8) is 0 Å². The van der Waals surface area contributed by atoms with Crippen LogP contribution in [0.15, 0.2) is 72.8 Å². The summed E-state index contributed by atoms with van der Waals surface area (Å²) in [4.78, 5) is 24.8. The van der Waals surface area contributed by atoms with E-state index in [-0.39, 0.29) is 29.6 Å². The highest BCUT2D eigenvalue weighted by Gasteiger charge is 2.15. The first kappa shape index (κ1) is 19.1. The zero-order valence-corrected chi connectivity index (χ0v) is 15.1. The number of carbonyl (C=O) groups excluding carboxylic acids is 2. The van der Waals surface area contributed by atoms with Gasteiger partial charge >= 0.3 is 0 Å². The van der Waals surface area contributed by atoms with Gasteiger partial charge in [0, 0.05) is 11.3 Å². The minimum Gasteiger partial charge on any atom is -0.494 e. The lowest BCUT2D eigenvalue weighted by atomic mass is 10.1. The summed E-state index contributed by atoms with van der Waals surface area (Å²) in [6.45, 7) is -0.332. The Morgan fingerprint density at radius 2 is 1.64 bits per heavy atom. The summed E-state index contributed by atoms with van der Waals surface area (Å²) in [5, 5.41) is 2.77. The van der Waals surface area contributed by atoms with Crippen molar-refractivity contribution in [1.29, 1.82) is 0 Å². The number of ether oxygens (including phenoxy) is 2. The minimum atomic E-state index is -0.629. The molecule has 0 aliphatic heterocycles. The average Bonchev–Trinajstić information content (AvgIpc) is 2.72. The third-order valence-corrected chi connectivity index (χ3v) is 4.00. The number of anilines is 1. The topological polar surface area (TPSA) is 64.6 Å². The molecule has 0 heterocycles. The fourth-order valence-electron chi connectivity index (χ4n) is 2.57. The van der Waals surface area contributed by atoms with Crippen LogP contribution in [0.2, 0.25) is 0 Å². The number of benzene rings is 3. The van der Waals surface area contributed by atoms with Gasteiger partial charge < -0.3 is 14.8 Å². The lowest BCUT2D eigenvalue weighted by Crippen LogP contribution is -2.16. The Hall–Kier alpha value is -3.67. The van der Waals surface area contributed by atoms with Gasteiger partial charge in [0.1, 0.15) is 5.75 Å². The molecular formula is C22H18FNO4. The molecule has 0 bridgehead atoms. The highest BCUT2D eigenvalue weighted by Crippen LogP contribution is 2.21. The maximum atomic E-state index is 13.8. The van der Waals surface area contributed by atoms with Crippen LogP contribution in [0.4, 0.5) is 10.1 Å². The first-order valence-electron chi connectivity index (χ1n) is 8.53. The van der Waals surface area contributed by atoms with Crippen molar-refractivity contribution in [1.82, 2.24) is 0 Å². The summed E-state index contributed by atoms with van der Waals surface area (Å²) in [6, 6.07) is 19.5. The molecule has 1 amide bonds. The van der Waals surface area contributed by atoms with E-state index in [1.807, 2.05) is 18.2 Å². The molecule has 0 aliphatic carbocycles. The Kier molecular flexibility index (Phi) is 6.01. The lowest BCUT2D eigenvalue weighted by molar-refractivity contribution is 0.0913. The van der Waals surface area contributed by atoms with Gasteiger partial charge in [-0.25, -0.2) is 4.39 Å². The summed E-state index contributed by atoms with van der Waals surface area (Å²) in [7, 11) is 1.35. The molecule has 0 aromatic heterocycles. The molecule has 3 aromatic rings. The van der Waals surface area contributed by atoms with Crippen molar-refractivity contribution in [3.8, 4) is 11.5 Å². The van der Waals surface area contributed by atoms with Crippen LogP contribution < -0.4 is 14.8 Å². The second-order valence-corrected chi connectivity index (χ2v) is 5.88. The maximum Gasteiger partial charge on any atom is 0.259 e. The van der Waals surface area contributed by atoms with E-state index in [0.29, 0.717) is 11.3 Å². The number of methoxy groups -OCH3 is 1. The summed E-state index contributed by atoms with van der Waals surface area (Å²) >= 11 is 0. The molecular weight excluding hydrogens is 361 g/mol. The van der Waals surface area contributed by atoms with Gasteiger partial charge in [-0.2, -0.15) is 0 Å². The molecule has 0 spiro atoms. The molecule has 6 heteroatoms. The van der Waals surface area contributed by atoms with Gasteiger partial charge in [-0.05, 0) is 42.5 Å². The van der Waals surface area contributed by atoms with Crippen LogP contribution in [0, 0.1) is 5.82 Å². The number of halogens is 1. The summed E-state index contributed by atoms with van der Waals surface area (Å²) in [5.74, 6) is -1.08. The fraction of sp³-hybridized carbons (Fsp3) is 0.0909. The van der Waals surface area contributed by atoms with Gasteiger partial charge in [0.05, 0.1) is 12.7 Å². The third kappa shape index (κ3) is 4.54. The number of nitrogens with one attached hydrogen (secondary N) is 1. The van der Waals surface area contributed by atoms with Crippen LogP contribution in [0.3, 0.4) is 0 Å². The molecule has 0 fully saturated rings. The van der Waals surface area contributed by atoms with Crippen LogP contribution in [0.5, 0.6) is 11.5 Å². The Balaban J connectivity index is 1.70. The largest absolute Gasteiger partial charge is 0.494 e. The number of para-hydroxylation sites is 2. The number of rotatable bonds is 7. The fourth-order valence-corrected chi connectivity index (χ4v) is 2.57. The smallest absolute Gasteiger partial charge is 0.259 e. The second kappa shape index (κ2) is 8.81. The molecule has 0 saturated heterocycles. The first-order chi connectivity index (χ1) is 13.6. The van der Waals surface area contributed by atoms with Crippen LogP contribution in [-0.2, 0) is 0 Å². The number of hydrogen-bond acceptors (Lipinski definition) is 4. The monoisotopic (exact) mass is 379 g/mol. The van der Waals surface area contributed by atoms with Gasteiger partial charge in [-0.3, -0.25) is 9.59 Å². The Labute approximate surface area is 161 Å². The van der Waals surface area contributed by atoms with Crippen molar-refractivity contribution in [3.05, 3.63) is 89.7 Å². The molecule has 28 heavy (non-hydrogen) atoms. The normalized spacial score (nSPS) is 10.2. The molecule has 5 nitrogen and oxygen atoms in total. The zero-order chi connectivity index (χ0) is 19.9. The quantitative estimate of drug-likeness (QED) is 0.620. The molecule has 0 aliphatic rings. The minimum absolute atomic E-state index is 0.0559. The van der Waals surface area contributed by atoms with E-state index in [1.165, 1.54) is 19.2 Å². The van der Waals surface area contributed by atoms with E-state index in [1.54, 1.807) is 36.4 Å². The van der Waals surface area contributed by atoms with Gasteiger partial charge in [-0.1, -0.05) is 30.3 Å². The molecule has 0 radical (unpaired) electrons. The summed E-state index contributed by atoms with van der Waals surface area (Å²) in [5.41, 5.74) is 1.09. The molecule has 1 N–H and O–H groups in total. The van der Waals surface area contributed by atoms with Crippen molar-refractivity contribution in [2.45, 2.75) is 0 Å². The zero-order valence-electron chi connectivity index (χ0n) is 15.1. The molecule has 0 atom stereocenters. The molecule has 142 valence electrons. The summed E-state index contributed by atoms with van der Waals surface area (Å²) in [6.07, 6.45) is 0. The van der Waals surface area contributed by atoms with Crippen LogP contribution in [0.1, 0.15) is 20.7 Å². The number of carbonyl (C=O) groups is 2. The third-order valence-electron chi connectivity index (χ3n) is 4.00. The van der Waals surface area contributed by atoms with E-state index in [4.69, 9.17) is 9.47 Å². The van der Waals surface area contributed by atoms with E-state index >= 15 is 0 Å². The van der Waals surface area contributed by atoms with Gasteiger partial charge in [0.2, 0.25) is 0 Å². The van der Waals surface area contributed by atoms with Crippen molar-refractivity contribution >= 4 is 17.4 Å². The molecule has 3 rings (SSSR count). The molecule has 3 aromatic carbocycles. The van der Waals surface area contributed by atoms with Crippen molar-refractivity contribution < 1.29 is 23.5 Å². The molecule has 0 saturated carbocycles. The predicted molar refractivity (Wildman–Crippen MR) is 104 cm³/mol. The van der Waals surface area contributed by atoms with Crippen molar-refractivity contribution in [2.75, 3.05) is 19.0 Å². The van der Waals surface area contributed by atoms with Gasteiger partial charge in [-0.15, -0.1) is 0 Å². The first-order valence-corrected chi connectivity index (χ1v) is 8.53. The highest BCUT2D eigenvalue weighted by molar-refractivity contribution is 6.06. The maximum absolute atomic E-state index is 13.8. The highest BCUT2D eigenvalue weighted by atomic mass is 19.1. The van der Waals surface area contributed by atoms with Gasteiger partial charge in [0.15, 0.2) is 24.0 Å². The second-order valence-electron chi connectivity index (χ2n) is 5.88. The van der Waals surface area contributed by atoms with E-state index in [0.717, 1.165) is 6.07 Å². The standard InChI is InChI=1S/C22H18FNO4/c1-27-21-12-11-15(13-18(21)23)19(25)14-28-20-10-6-5-9-17(20)22(26)24-16-7-3-2-4-8-16/h2-13H,14H2,1H3,(H,24,26). The van der Waals surface area contributed by atoms with E-state index in [2.05, 4.69) is 5.32 Å². The Bertz CT molecular complexity index is 989.